The quantitative estimate of drug-likeness (QED) is 0.829. The number of aryl methyl sites for hydroxylation is 1. The fourth-order valence-electron chi connectivity index (χ4n) is 1.78. The highest BCUT2D eigenvalue weighted by Crippen LogP contribution is 2.18. The fourth-order valence-corrected chi connectivity index (χ4v) is 3.81. The number of carbonyl (C=O) groups is 1. The van der Waals surface area contributed by atoms with Crippen molar-refractivity contribution in [3.8, 4) is 6.07 Å². The zero-order chi connectivity index (χ0) is 16.9. The number of rotatable bonds is 5. The van der Waals surface area contributed by atoms with E-state index in [1.807, 2.05) is 10.8 Å². The molecule has 118 valence electrons. The predicted molar refractivity (Wildman–Crippen MR) is 86.2 cm³/mol. The number of sulfonamides is 1. The van der Waals surface area contributed by atoms with Crippen LogP contribution in [0.15, 0.2) is 52.5 Å². The van der Waals surface area contributed by atoms with Gasteiger partial charge >= 0.3 is 0 Å². The Balaban J connectivity index is 2.09. The van der Waals surface area contributed by atoms with Crippen molar-refractivity contribution in [3.63, 3.8) is 0 Å². The fraction of sp³-hybridized carbons (Fsp3) is 0.133. The minimum Gasteiger partial charge on any atom is -0.273 e. The average Bonchev–Trinajstić information content (AvgIpc) is 2.54. The number of pyridine rings is 1. The summed E-state index contributed by atoms with van der Waals surface area (Å²) in [5, 5.41) is 8.87. The molecule has 23 heavy (non-hydrogen) atoms. The Morgan fingerprint density at radius 1 is 1.30 bits per heavy atom. The van der Waals surface area contributed by atoms with Gasteiger partial charge in [0.2, 0.25) is 5.91 Å². The zero-order valence-corrected chi connectivity index (χ0v) is 13.8. The van der Waals surface area contributed by atoms with Gasteiger partial charge in [-0.15, -0.1) is 11.8 Å². The van der Waals surface area contributed by atoms with Gasteiger partial charge in [0.05, 0.1) is 22.3 Å². The molecule has 2 rings (SSSR count). The van der Waals surface area contributed by atoms with Crippen LogP contribution in [0.5, 0.6) is 0 Å². The first-order valence-electron chi connectivity index (χ1n) is 6.51. The van der Waals surface area contributed by atoms with E-state index in [1.54, 1.807) is 31.5 Å². The van der Waals surface area contributed by atoms with Gasteiger partial charge in [-0.3, -0.25) is 9.78 Å². The van der Waals surface area contributed by atoms with E-state index in [4.69, 9.17) is 5.26 Å². The van der Waals surface area contributed by atoms with Gasteiger partial charge in [0, 0.05) is 17.3 Å². The Kier molecular flexibility index (Phi) is 5.36. The Labute approximate surface area is 138 Å². The third-order valence-electron chi connectivity index (χ3n) is 2.87. The van der Waals surface area contributed by atoms with Crippen molar-refractivity contribution in [3.05, 3.63) is 53.9 Å². The summed E-state index contributed by atoms with van der Waals surface area (Å²) in [5.41, 5.74) is 0.681. The second-order valence-electron chi connectivity index (χ2n) is 4.59. The highest BCUT2D eigenvalue weighted by Gasteiger charge is 2.20. The van der Waals surface area contributed by atoms with Gasteiger partial charge in [0.25, 0.3) is 10.0 Å². The smallest absolute Gasteiger partial charge is 0.264 e. The van der Waals surface area contributed by atoms with E-state index >= 15 is 0 Å². The molecular formula is C15H13N3O3S2. The molecule has 6 nitrogen and oxygen atoms in total. The van der Waals surface area contributed by atoms with Crippen molar-refractivity contribution in [1.29, 1.82) is 5.26 Å². The molecule has 2 aromatic rings. The molecule has 1 heterocycles. The van der Waals surface area contributed by atoms with E-state index in [-0.39, 0.29) is 16.2 Å². The number of nitrogens with one attached hydrogen (secondary N) is 1. The third-order valence-corrected chi connectivity index (χ3v) is 5.40. The van der Waals surface area contributed by atoms with E-state index in [1.165, 1.54) is 30.0 Å². The second-order valence-corrected chi connectivity index (χ2v) is 7.29. The molecule has 0 spiro atoms. The predicted octanol–water partition coefficient (Wildman–Crippen LogP) is 1.86. The van der Waals surface area contributed by atoms with E-state index in [9.17, 15) is 13.2 Å². The van der Waals surface area contributed by atoms with Crippen LogP contribution in [0.25, 0.3) is 0 Å². The lowest BCUT2D eigenvalue weighted by Gasteiger charge is -2.09. The minimum atomic E-state index is -4.00. The number of hydrogen-bond donors (Lipinski definition) is 1. The molecule has 1 aromatic heterocycles. The van der Waals surface area contributed by atoms with Gasteiger partial charge < -0.3 is 0 Å². The highest BCUT2D eigenvalue weighted by molar-refractivity contribution is 8.00. The minimum absolute atomic E-state index is 0.0414. The molecule has 0 aliphatic rings. The monoisotopic (exact) mass is 347 g/mol. The number of carbonyl (C=O) groups excluding carboxylic acids is 1. The zero-order valence-electron chi connectivity index (χ0n) is 12.2. The van der Waals surface area contributed by atoms with Crippen molar-refractivity contribution < 1.29 is 13.2 Å². The number of aromatic nitrogens is 1. The Bertz CT molecular complexity index is 859. The number of nitriles is 1. The van der Waals surface area contributed by atoms with Crippen molar-refractivity contribution in [1.82, 2.24) is 9.71 Å². The van der Waals surface area contributed by atoms with E-state index < -0.39 is 15.9 Å². The lowest BCUT2D eigenvalue weighted by atomic mass is 10.2. The maximum absolute atomic E-state index is 12.3. The molecule has 1 N–H and O–H groups in total. The first-order valence-corrected chi connectivity index (χ1v) is 8.98. The molecule has 1 amide bonds. The van der Waals surface area contributed by atoms with Crippen LogP contribution in [0, 0.1) is 18.3 Å². The standard InChI is InChI=1S/C15H13N3O3S2/c1-11-2-3-12(9-16)8-14(11)23(20,21)18-15(19)10-22-13-4-6-17-7-5-13/h2-8H,10H2,1H3,(H,18,19). The van der Waals surface area contributed by atoms with Crippen LogP contribution in [-0.4, -0.2) is 25.1 Å². The summed E-state index contributed by atoms with van der Waals surface area (Å²) in [6.07, 6.45) is 3.18. The van der Waals surface area contributed by atoms with Crippen molar-refractivity contribution >= 4 is 27.7 Å². The van der Waals surface area contributed by atoms with Gasteiger partial charge in [-0.05, 0) is 36.8 Å². The van der Waals surface area contributed by atoms with Crippen LogP contribution in [0.4, 0.5) is 0 Å². The maximum atomic E-state index is 12.3. The van der Waals surface area contributed by atoms with E-state index in [2.05, 4.69) is 4.98 Å². The number of nitrogens with zero attached hydrogens (tertiary/aromatic N) is 2. The van der Waals surface area contributed by atoms with Crippen molar-refractivity contribution in [2.75, 3.05) is 5.75 Å². The van der Waals surface area contributed by atoms with Crippen LogP contribution >= 0.6 is 11.8 Å². The van der Waals surface area contributed by atoms with Gasteiger partial charge in [0.15, 0.2) is 0 Å². The van der Waals surface area contributed by atoms with Crippen LogP contribution in [0.1, 0.15) is 11.1 Å². The van der Waals surface area contributed by atoms with Crippen LogP contribution < -0.4 is 4.72 Å². The largest absolute Gasteiger partial charge is 0.273 e. The molecule has 1 aromatic carbocycles. The molecule has 0 saturated heterocycles. The SMILES string of the molecule is Cc1ccc(C#N)cc1S(=O)(=O)NC(=O)CSc1ccncc1. The van der Waals surface area contributed by atoms with Crippen LogP contribution in [0.2, 0.25) is 0 Å². The summed E-state index contributed by atoms with van der Waals surface area (Å²) in [6.45, 7) is 1.60. The summed E-state index contributed by atoms with van der Waals surface area (Å²) >= 11 is 1.21. The number of benzene rings is 1. The molecule has 8 heteroatoms. The van der Waals surface area contributed by atoms with E-state index in [0.717, 1.165) is 4.90 Å². The molecule has 0 aliphatic carbocycles. The first kappa shape index (κ1) is 17.0. The molecule has 0 saturated carbocycles. The Morgan fingerprint density at radius 2 is 2.00 bits per heavy atom. The van der Waals surface area contributed by atoms with E-state index in [0.29, 0.717) is 5.56 Å². The summed E-state index contributed by atoms with van der Waals surface area (Å²) in [6, 6.07) is 9.64. The number of hydrogen-bond acceptors (Lipinski definition) is 6. The Hall–Kier alpha value is -2.37. The molecule has 0 radical (unpaired) electrons. The lowest BCUT2D eigenvalue weighted by molar-refractivity contribution is -0.116. The second kappa shape index (κ2) is 7.26. The molecule has 0 fully saturated rings. The maximum Gasteiger partial charge on any atom is 0.264 e. The number of amides is 1. The van der Waals surface area contributed by atoms with Gasteiger partial charge in [-0.2, -0.15) is 5.26 Å². The summed E-state index contributed by atoms with van der Waals surface area (Å²) in [7, 11) is -4.00. The number of thioether (sulfide) groups is 1. The lowest BCUT2D eigenvalue weighted by Crippen LogP contribution is -2.32. The van der Waals surface area contributed by atoms with Crippen LogP contribution in [0.3, 0.4) is 0 Å². The molecule has 0 atom stereocenters. The molecular weight excluding hydrogens is 334 g/mol. The van der Waals surface area contributed by atoms with Gasteiger partial charge in [0.1, 0.15) is 0 Å². The summed E-state index contributed by atoms with van der Waals surface area (Å²) < 4.78 is 26.6. The summed E-state index contributed by atoms with van der Waals surface area (Å²) in [4.78, 5) is 16.5. The molecule has 0 bridgehead atoms. The van der Waals surface area contributed by atoms with Crippen molar-refractivity contribution in [2.24, 2.45) is 0 Å². The molecule has 0 aliphatic heterocycles. The Morgan fingerprint density at radius 3 is 2.65 bits per heavy atom. The third kappa shape index (κ3) is 4.55. The van der Waals surface area contributed by atoms with Gasteiger partial charge in [-0.1, -0.05) is 6.07 Å². The highest BCUT2D eigenvalue weighted by atomic mass is 32.2. The van der Waals surface area contributed by atoms with Gasteiger partial charge in [-0.25, -0.2) is 13.1 Å². The average molecular weight is 347 g/mol. The summed E-state index contributed by atoms with van der Waals surface area (Å²) in [5.74, 6) is -0.672. The topological polar surface area (TPSA) is 99.9 Å². The molecule has 0 unspecified atom stereocenters. The normalized spacial score (nSPS) is 10.8. The van der Waals surface area contributed by atoms with Crippen LogP contribution in [-0.2, 0) is 14.8 Å². The first-order chi connectivity index (χ1) is 10.9. The van der Waals surface area contributed by atoms with Crippen molar-refractivity contribution in [2.45, 2.75) is 16.7 Å².